The second kappa shape index (κ2) is 12.0. The van der Waals surface area contributed by atoms with Crippen molar-refractivity contribution < 1.29 is 17.9 Å². The lowest BCUT2D eigenvalue weighted by Gasteiger charge is -2.22. The van der Waals surface area contributed by atoms with Gasteiger partial charge in [-0.15, -0.1) is 0 Å². The van der Waals surface area contributed by atoms with Gasteiger partial charge in [-0.1, -0.05) is 41.7 Å². The van der Waals surface area contributed by atoms with Gasteiger partial charge in [0.05, 0.1) is 21.7 Å². The van der Waals surface area contributed by atoms with Crippen LogP contribution in [0.5, 0.6) is 5.75 Å². The van der Waals surface area contributed by atoms with Crippen molar-refractivity contribution >= 4 is 42.6 Å². The van der Waals surface area contributed by atoms with Gasteiger partial charge in [-0.2, -0.15) is 4.31 Å². The van der Waals surface area contributed by atoms with Gasteiger partial charge in [0.15, 0.2) is 5.13 Å². The molecule has 3 aromatic carbocycles. The maximum absolute atomic E-state index is 13.6. The number of fused-ring (bicyclic) bond motifs is 1. The molecule has 0 aliphatic carbocycles. The van der Waals surface area contributed by atoms with Crippen LogP contribution >= 0.6 is 11.3 Å². The first-order chi connectivity index (χ1) is 18.2. The summed E-state index contributed by atoms with van der Waals surface area (Å²) in [5.41, 5.74) is 2.08. The van der Waals surface area contributed by atoms with E-state index in [4.69, 9.17) is 9.72 Å². The van der Waals surface area contributed by atoms with Crippen LogP contribution in [-0.2, 0) is 16.6 Å². The van der Waals surface area contributed by atoms with Crippen LogP contribution in [0.3, 0.4) is 0 Å². The summed E-state index contributed by atoms with van der Waals surface area (Å²) >= 11 is 1.43. The number of rotatable bonds is 11. The fraction of sp³-hybridized carbons (Fsp3) is 0.286. The molecule has 0 atom stereocenters. The molecule has 0 aliphatic heterocycles. The fourth-order valence-electron chi connectivity index (χ4n) is 3.88. The monoisotopic (exact) mass is 552 g/mol. The Kier molecular flexibility index (Phi) is 8.78. The summed E-state index contributed by atoms with van der Waals surface area (Å²) in [5.74, 6) is 0.521. The van der Waals surface area contributed by atoms with Gasteiger partial charge in [0.25, 0.3) is 5.91 Å². The molecule has 200 valence electrons. The van der Waals surface area contributed by atoms with E-state index in [9.17, 15) is 13.2 Å². The summed E-state index contributed by atoms with van der Waals surface area (Å²) in [6, 6.07) is 21.2. The number of hydrogen-bond donors (Lipinski definition) is 0. The van der Waals surface area contributed by atoms with E-state index in [0.29, 0.717) is 30.4 Å². The van der Waals surface area contributed by atoms with Crippen LogP contribution in [0, 0.1) is 0 Å². The molecule has 8 nitrogen and oxygen atoms in total. The topological polar surface area (TPSA) is 83.0 Å². The number of hydrogen-bond acceptors (Lipinski definition) is 7. The Morgan fingerprint density at radius 2 is 1.66 bits per heavy atom. The van der Waals surface area contributed by atoms with Gasteiger partial charge < -0.3 is 9.64 Å². The van der Waals surface area contributed by atoms with Gasteiger partial charge in [-0.25, -0.2) is 13.4 Å². The van der Waals surface area contributed by atoms with Crippen molar-refractivity contribution in [3.05, 3.63) is 83.9 Å². The lowest BCUT2D eigenvalue weighted by molar-refractivity contribution is 0.0985. The van der Waals surface area contributed by atoms with Crippen molar-refractivity contribution in [2.24, 2.45) is 0 Å². The average Bonchev–Trinajstić information content (AvgIpc) is 3.32. The molecule has 0 unspecified atom stereocenters. The number of likely N-dealkylation sites (N-methyl/N-ethyl adjacent to an activating group) is 1. The van der Waals surface area contributed by atoms with E-state index in [1.54, 1.807) is 24.1 Å². The van der Waals surface area contributed by atoms with E-state index >= 15 is 0 Å². The third-order valence-electron chi connectivity index (χ3n) is 5.96. The number of anilines is 1. The van der Waals surface area contributed by atoms with Gasteiger partial charge in [0, 0.05) is 32.2 Å². The molecule has 4 rings (SSSR count). The average molecular weight is 553 g/mol. The van der Waals surface area contributed by atoms with E-state index < -0.39 is 10.0 Å². The number of carbonyl (C=O) groups is 1. The summed E-state index contributed by atoms with van der Waals surface area (Å²) in [7, 11) is 1.72. The minimum Gasteiger partial charge on any atom is -0.494 e. The zero-order valence-corrected chi connectivity index (χ0v) is 23.6. The zero-order chi connectivity index (χ0) is 27.3. The molecule has 0 N–H and O–H groups in total. The number of thiazole rings is 1. The molecule has 0 bridgehead atoms. The van der Waals surface area contributed by atoms with Crippen molar-refractivity contribution in [1.82, 2.24) is 14.2 Å². The van der Waals surface area contributed by atoms with Gasteiger partial charge >= 0.3 is 0 Å². The van der Waals surface area contributed by atoms with Gasteiger partial charge in [-0.3, -0.25) is 9.69 Å². The van der Waals surface area contributed by atoms with Crippen LogP contribution in [-0.4, -0.2) is 69.4 Å². The van der Waals surface area contributed by atoms with Crippen molar-refractivity contribution in [3.63, 3.8) is 0 Å². The van der Waals surface area contributed by atoms with Crippen LogP contribution in [0.25, 0.3) is 10.2 Å². The quantitative estimate of drug-likeness (QED) is 0.268. The Bertz CT molecular complexity index is 1490. The fourth-order valence-corrected chi connectivity index (χ4v) is 6.06. The molecular formula is C28H32N4O4S2. The molecule has 10 heteroatoms. The first-order valence-electron chi connectivity index (χ1n) is 12.3. The number of nitrogens with zero attached hydrogens (tertiary/aromatic N) is 4. The van der Waals surface area contributed by atoms with Crippen LogP contribution < -0.4 is 9.64 Å². The zero-order valence-electron chi connectivity index (χ0n) is 22.0. The highest BCUT2D eigenvalue weighted by atomic mass is 32.2. The van der Waals surface area contributed by atoms with Crippen LogP contribution in [0.4, 0.5) is 5.13 Å². The Labute approximate surface area is 228 Å². The van der Waals surface area contributed by atoms with Crippen molar-refractivity contribution in [2.75, 3.05) is 45.7 Å². The second-order valence-corrected chi connectivity index (χ2v) is 12.1. The van der Waals surface area contributed by atoms with Crippen LogP contribution in [0.2, 0.25) is 0 Å². The second-order valence-electron chi connectivity index (χ2n) is 9.09. The molecule has 38 heavy (non-hydrogen) atoms. The molecule has 4 aromatic rings. The Balaban J connectivity index is 1.58. The minimum atomic E-state index is -3.72. The van der Waals surface area contributed by atoms with E-state index in [1.165, 1.54) is 27.8 Å². The summed E-state index contributed by atoms with van der Waals surface area (Å²) in [6.45, 7) is 3.83. The highest BCUT2D eigenvalue weighted by Gasteiger charge is 2.24. The lowest BCUT2D eigenvalue weighted by Crippen LogP contribution is -2.36. The highest BCUT2D eigenvalue weighted by molar-refractivity contribution is 7.89. The highest BCUT2D eigenvalue weighted by Crippen LogP contribution is 2.32. The summed E-state index contributed by atoms with van der Waals surface area (Å²) < 4.78 is 34.1. The third kappa shape index (κ3) is 6.39. The third-order valence-corrected chi connectivity index (χ3v) is 8.82. The van der Waals surface area contributed by atoms with E-state index in [0.717, 1.165) is 21.5 Å². The molecule has 0 aliphatic rings. The van der Waals surface area contributed by atoms with Crippen molar-refractivity contribution in [2.45, 2.75) is 18.4 Å². The first-order valence-corrected chi connectivity index (χ1v) is 14.5. The van der Waals surface area contributed by atoms with E-state index in [2.05, 4.69) is 0 Å². The van der Waals surface area contributed by atoms with Gasteiger partial charge in [0.1, 0.15) is 5.75 Å². The number of sulfonamides is 1. The normalized spacial score (nSPS) is 11.8. The Hall–Kier alpha value is -3.31. The molecule has 1 aromatic heterocycles. The molecule has 0 fully saturated rings. The molecule has 0 saturated carbocycles. The van der Waals surface area contributed by atoms with Gasteiger partial charge in [-0.05, 0) is 69.0 Å². The molecular weight excluding hydrogens is 520 g/mol. The van der Waals surface area contributed by atoms with Crippen LogP contribution in [0.15, 0.2) is 77.7 Å². The van der Waals surface area contributed by atoms with Crippen LogP contribution in [0.1, 0.15) is 22.8 Å². The minimum absolute atomic E-state index is 0.135. The summed E-state index contributed by atoms with van der Waals surface area (Å²) in [5, 5.41) is 0.583. The van der Waals surface area contributed by atoms with Gasteiger partial charge in [0.2, 0.25) is 10.0 Å². The SMILES string of the molecule is CCOc1ccc2nc(N(CCN(C)C)C(=O)c3ccc(S(=O)(=O)N(C)Cc4ccccc4)cc3)sc2c1. The maximum Gasteiger partial charge on any atom is 0.260 e. The molecule has 0 radical (unpaired) electrons. The number of benzene rings is 3. The number of aromatic nitrogens is 1. The predicted molar refractivity (Wildman–Crippen MR) is 153 cm³/mol. The number of ether oxygens (including phenoxy) is 1. The number of amides is 1. The molecule has 1 heterocycles. The molecule has 0 saturated heterocycles. The van der Waals surface area contributed by atoms with E-state index in [1.807, 2.05) is 74.4 Å². The van der Waals surface area contributed by atoms with Crippen molar-refractivity contribution in [3.8, 4) is 5.75 Å². The first kappa shape index (κ1) is 27.7. The van der Waals surface area contributed by atoms with Crippen molar-refractivity contribution in [1.29, 1.82) is 0 Å². The Morgan fingerprint density at radius 1 is 0.947 bits per heavy atom. The Morgan fingerprint density at radius 3 is 2.32 bits per heavy atom. The maximum atomic E-state index is 13.6. The standard InChI is InChI=1S/C28H32N4O4S2/c1-5-36-23-13-16-25-26(19-23)37-28(29-25)32(18-17-30(2)3)27(33)22-11-14-24(15-12-22)38(34,35)31(4)20-21-9-7-6-8-10-21/h6-16,19H,5,17-18,20H2,1-4H3. The van der Waals surface area contributed by atoms with E-state index in [-0.39, 0.29) is 17.3 Å². The summed E-state index contributed by atoms with van der Waals surface area (Å²) in [4.78, 5) is 22.1. The molecule has 0 spiro atoms. The smallest absolute Gasteiger partial charge is 0.260 e. The predicted octanol–water partition coefficient (Wildman–Crippen LogP) is 4.72. The lowest BCUT2D eigenvalue weighted by atomic mass is 10.2. The largest absolute Gasteiger partial charge is 0.494 e. The molecule has 1 amide bonds. The number of carbonyl (C=O) groups excluding carboxylic acids is 1. The summed E-state index contributed by atoms with van der Waals surface area (Å²) in [6.07, 6.45) is 0.